The molecule has 0 amide bonds. The molecule has 0 spiro atoms. The molecule has 1 aliphatic rings. The number of hydrogen-bond donors (Lipinski definition) is 1. The summed E-state index contributed by atoms with van der Waals surface area (Å²) in [5.41, 5.74) is 0.501. The molecule has 90 valence electrons. The molecule has 1 heterocycles. The van der Waals surface area contributed by atoms with Crippen molar-refractivity contribution in [1.29, 1.82) is 0 Å². The molecule has 0 bridgehead atoms. The molecule has 0 aromatic heterocycles. The molecule has 1 N–H and O–H groups in total. The molecule has 2 heteroatoms. The van der Waals surface area contributed by atoms with Gasteiger partial charge in [0.25, 0.3) is 0 Å². The van der Waals surface area contributed by atoms with Crippen molar-refractivity contribution in [3.05, 3.63) is 0 Å². The topological polar surface area (TPSA) is 21.3 Å². The highest BCUT2D eigenvalue weighted by atomic mass is 16.5. The van der Waals surface area contributed by atoms with E-state index in [0.29, 0.717) is 11.5 Å². The van der Waals surface area contributed by atoms with Crippen molar-refractivity contribution >= 4 is 0 Å². The summed E-state index contributed by atoms with van der Waals surface area (Å²) in [6.07, 6.45) is 8.22. The molecule has 0 aliphatic carbocycles. The highest BCUT2D eigenvalue weighted by Crippen LogP contribution is 2.33. The maximum absolute atomic E-state index is 5.70. The van der Waals surface area contributed by atoms with Crippen molar-refractivity contribution in [2.24, 2.45) is 5.41 Å². The van der Waals surface area contributed by atoms with Gasteiger partial charge in [0.1, 0.15) is 0 Å². The standard InChI is InChI=1S/C13H27NO/c1-4-13(5-2,11-14-3)9-8-12-7-6-10-15-12/h12,14H,4-11H2,1-3H3. The number of rotatable bonds is 7. The van der Waals surface area contributed by atoms with Crippen LogP contribution in [0.25, 0.3) is 0 Å². The van der Waals surface area contributed by atoms with Gasteiger partial charge in [0.2, 0.25) is 0 Å². The molecule has 0 radical (unpaired) electrons. The minimum Gasteiger partial charge on any atom is -0.378 e. The molecule has 15 heavy (non-hydrogen) atoms. The lowest BCUT2D eigenvalue weighted by Gasteiger charge is -2.32. The van der Waals surface area contributed by atoms with Crippen LogP contribution in [-0.2, 0) is 4.74 Å². The molecule has 0 aromatic carbocycles. The van der Waals surface area contributed by atoms with Crippen LogP contribution in [0.5, 0.6) is 0 Å². The Morgan fingerprint density at radius 1 is 1.33 bits per heavy atom. The van der Waals surface area contributed by atoms with Gasteiger partial charge in [0.15, 0.2) is 0 Å². The molecule has 1 atom stereocenters. The first-order valence-corrected chi connectivity index (χ1v) is 6.52. The van der Waals surface area contributed by atoms with Gasteiger partial charge in [-0.15, -0.1) is 0 Å². The van der Waals surface area contributed by atoms with Gasteiger partial charge < -0.3 is 10.1 Å². The van der Waals surface area contributed by atoms with Gasteiger partial charge in [0.05, 0.1) is 6.10 Å². The van der Waals surface area contributed by atoms with Crippen molar-refractivity contribution in [2.45, 2.75) is 58.5 Å². The zero-order valence-corrected chi connectivity index (χ0v) is 10.6. The first-order valence-electron chi connectivity index (χ1n) is 6.52. The van der Waals surface area contributed by atoms with Gasteiger partial charge in [-0.25, -0.2) is 0 Å². The lowest BCUT2D eigenvalue weighted by molar-refractivity contribution is 0.0849. The third-order valence-corrected chi connectivity index (χ3v) is 4.07. The molecule has 1 unspecified atom stereocenters. The van der Waals surface area contributed by atoms with Gasteiger partial charge in [0, 0.05) is 13.2 Å². The van der Waals surface area contributed by atoms with E-state index in [0.717, 1.165) is 13.2 Å². The summed E-state index contributed by atoms with van der Waals surface area (Å²) >= 11 is 0. The predicted molar refractivity (Wildman–Crippen MR) is 65.1 cm³/mol. The van der Waals surface area contributed by atoms with Crippen molar-refractivity contribution in [2.75, 3.05) is 20.2 Å². The van der Waals surface area contributed by atoms with Crippen LogP contribution in [0.15, 0.2) is 0 Å². The van der Waals surface area contributed by atoms with Crippen LogP contribution in [-0.4, -0.2) is 26.3 Å². The highest BCUT2D eigenvalue weighted by molar-refractivity contribution is 4.80. The average Bonchev–Trinajstić information content (AvgIpc) is 2.77. The number of nitrogens with one attached hydrogen (secondary N) is 1. The van der Waals surface area contributed by atoms with E-state index < -0.39 is 0 Å². The predicted octanol–water partition coefficient (Wildman–Crippen LogP) is 2.97. The first kappa shape index (κ1) is 13.0. The summed E-state index contributed by atoms with van der Waals surface area (Å²) in [7, 11) is 2.06. The molecular weight excluding hydrogens is 186 g/mol. The highest BCUT2D eigenvalue weighted by Gasteiger charge is 2.27. The van der Waals surface area contributed by atoms with Crippen molar-refractivity contribution < 1.29 is 4.74 Å². The van der Waals surface area contributed by atoms with Crippen molar-refractivity contribution in [3.63, 3.8) is 0 Å². The maximum Gasteiger partial charge on any atom is 0.0576 e. The van der Waals surface area contributed by atoms with Gasteiger partial charge in [-0.1, -0.05) is 13.8 Å². The van der Waals surface area contributed by atoms with E-state index in [2.05, 4.69) is 26.2 Å². The molecule has 1 fully saturated rings. The Hall–Kier alpha value is -0.0800. The smallest absolute Gasteiger partial charge is 0.0576 e. The van der Waals surface area contributed by atoms with E-state index in [1.807, 2.05) is 0 Å². The van der Waals surface area contributed by atoms with E-state index in [-0.39, 0.29) is 0 Å². The molecule has 1 rings (SSSR count). The Kier molecular flexibility index (Phi) is 5.62. The Morgan fingerprint density at radius 3 is 2.53 bits per heavy atom. The minimum atomic E-state index is 0.501. The van der Waals surface area contributed by atoms with Crippen molar-refractivity contribution in [1.82, 2.24) is 5.32 Å². The maximum atomic E-state index is 5.70. The van der Waals surface area contributed by atoms with E-state index in [1.54, 1.807) is 0 Å². The van der Waals surface area contributed by atoms with Crippen LogP contribution in [0.1, 0.15) is 52.4 Å². The molecule has 1 aliphatic heterocycles. The number of hydrogen-bond acceptors (Lipinski definition) is 2. The SMILES string of the molecule is CCC(CC)(CCC1CCCO1)CNC. The van der Waals surface area contributed by atoms with Gasteiger partial charge in [-0.2, -0.15) is 0 Å². The van der Waals surface area contributed by atoms with E-state index >= 15 is 0 Å². The van der Waals surface area contributed by atoms with Crippen LogP contribution in [0.4, 0.5) is 0 Å². The second-order valence-electron chi connectivity index (χ2n) is 4.91. The van der Waals surface area contributed by atoms with Gasteiger partial charge in [-0.05, 0) is 51.0 Å². The van der Waals surface area contributed by atoms with Crippen LogP contribution in [0.3, 0.4) is 0 Å². The zero-order valence-electron chi connectivity index (χ0n) is 10.6. The van der Waals surface area contributed by atoms with Crippen LogP contribution < -0.4 is 5.32 Å². The lowest BCUT2D eigenvalue weighted by Crippen LogP contribution is -2.32. The lowest BCUT2D eigenvalue weighted by atomic mass is 9.77. The average molecular weight is 213 g/mol. The van der Waals surface area contributed by atoms with Crippen LogP contribution >= 0.6 is 0 Å². The molecule has 0 saturated carbocycles. The Labute approximate surface area is 94.8 Å². The van der Waals surface area contributed by atoms with Crippen LogP contribution in [0, 0.1) is 5.41 Å². The summed E-state index contributed by atoms with van der Waals surface area (Å²) in [4.78, 5) is 0. The van der Waals surface area contributed by atoms with E-state index in [1.165, 1.54) is 38.5 Å². The Morgan fingerprint density at radius 2 is 2.07 bits per heavy atom. The fourth-order valence-electron chi connectivity index (χ4n) is 2.66. The number of ether oxygens (including phenoxy) is 1. The molecule has 2 nitrogen and oxygen atoms in total. The van der Waals surface area contributed by atoms with Crippen molar-refractivity contribution in [3.8, 4) is 0 Å². The summed E-state index contributed by atoms with van der Waals surface area (Å²) in [6.45, 7) is 6.77. The quantitative estimate of drug-likeness (QED) is 0.702. The summed E-state index contributed by atoms with van der Waals surface area (Å²) < 4.78 is 5.70. The van der Waals surface area contributed by atoms with Crippen LogP contribution in [0.2, 0.25) is 0 Å². The molecule has 0 aromatic rings. The third kappa shape index (κ3) is 3.76. The van der Waals surface area contributed by atoms with Gasteiger partial charge in [-0.3, -0.25) is 0 Å². The third-order valence-electron chi connectivity index (χ3n) is 4.07. The second-order valence-corrected chi connectivity index (χ2v) is 4.91. The molecular formula is C13H27NO. The summed E-state index contributed by atoms with van der Waals surface area (Å²) in [6, 6.07) is 0. The normalized spacial score (nSPS) is 22.2. The fraction of sp³-hybridized carbons (Fsp3) is 1.00. The Bertz CT molecular complexity index is 160. The largest absolute Gasteiger partial charge is 0.378 e. The zero-order chi connectivity index (χ0) is 11.1. The van der Waals surface area contributed by atoms with Gasteiger partial charge >= 0.3 is 0 Å². The fourth-order valence-corrected chi connectivity index (χ4v) is 2.66. The Balaban J connectivity index is 2.35. The summed E-state index contributed by atoms with van der Waals surface area (Å²) in [5.74, 6) is 0. The molecule has 1 saturated heterocycles. The van der Waals surface area contributed by atoms with E-state index in [9.17, 15) is 0 Å². The monoisotopic (exact) mass is 213 g/mol. The first-order chi connectivity index (χ1) is 7.26. The van der Waals surface area contributed by atoms with E-state index in [4.69, 9.17) is 4.74 Å². The minimum absolute atomic E-state index is 0.501. The second kappa shape index (κ2) is 6.49. The summed E-state index contributed by atoms with van der Waals surface area (Å²) in [5, 5.41) is 3.35.